The van der Waals surface area contributed by atoms with Crippen LogP contribution in [-0.2, 0) is 13.0 Å². The third-order valence-electron chi connectivity index (χ3n) is 5.34. The van der Waals surface area contributed by atoms with Gasteiger partial charge in [0.25, 0.3) is 11.5 Å². The second kappa shape index (κ2) is 11.3. The standard InChI is InChI=1S/C26H31Cl2N3O3/c1-26(2,3)16-31-22(23(34-4)18-14-20(27)21(28)15-19(18)25(31)33)24(32)30-13-12-29-11-10-17-8-6-5-7-9-17/h5-9,14-15,29H,10-13,16H2,1-4H3,(H,30,32). The van der Waals surface area contributed by atoms with Crippen molar-refractivity contribution in [3.63, 3.8) is 0 Å². The topological polar surface area (TPSA) is 72.4 Å². The summed E-state index contributed by atoms with van der Waals surface area (Å²) in [4.78, 5) is 26.7. The van der Waals surface area contributed by atoms with Gasteiger partial charge in [-0.05, 0) is 36.1 Å². The van der Waals surface area contributed by atoms with Crippen LogP contribution in [0.2, 0.25) is 10.0 Å². The molecule has 182 valence electrons. The third-order valence-corrected chi connectivity index (χ3v) is 6.06. The van der Waals surface area contributed by atoms with Crippen LogP contribution in [0.15, 0.2) is 47.3 Å². The Morgan fingerprint density at radius 3 is 2.26 bits per heavy atom. The number of carbonyl (C=O) groups excluding carboxylic acids is 1. The highest BCUT2D eigenvalue weighted by molar-refractivity contribution is 6.42. The number of aromatic nitrogens is 1. The second-order valence-electron chi connectivity index (χ2n) is 9.39. The number of halogens is 2. The molecule has 0 atom stereocenters. The lowest BCUT2D eigenvalue weighted by atomic mass is 9.96. The quantitative estimate of drug-likeness (QED) is 0.406. The Hall–Kier alpha value is -2.54. The van der Waals surface area contributed by atoms with Crippen LogP contribution in [0.5, 0.6) is 5.75 Å². The molecule has 2 aromatic carbocycles. The predicted octanol–water partition coefficient (Wildman–Crippen LogP) is 4.93. The number of hydrogen-bond acceptors (Lipinski definition) is 4. The normalized spacial score (nSPS) is 11.6. The molecular formula is C26H31Cl2N3O3. The molecule has 1 amide bonds. The Morgan fingerprint density at radius 1 is 1.00 bits per heavy atom. The largest absolute Gasteiger partial charge is 0.494 e. The number of carbonyl (C=O) groups is 1. The fourth-order valence-electron chi connectivity index (χ4n) is 3.82. The Kier molecular flexibility index (Phi) is 8.63. The number of ether oxygens (including phenoxy) is 1. The van der Waals surface area contributed by atoms with Crippen LogP contribution in [0, 0.1) is 5.41 Å². The van der Waals surface area contributed by atoms with E-state index in [1.165, 1.54) is 23.3 Å². The zero-order chi connectivity index (χ0) is 24.9. The number of rotatable bonds is 9. The first-order valence-corrected chi connectivity index (χ1v) is 12.0. The van der Waals surface area contributed by atoms with Gasteiger partial charge in [0.15, 0.2) is 11.4 Å². The summed E-state index contributed by atoms with van der Waals surface area (Å²) in [6.07, 6.45) is 0.904. The number of methoxy groups -OCH3 is 1. The maximum Gasteiger partial charge on any atom is 0.271 e. The molecule has 34 heavy (non-hydrogen) atoms. The minimum atomic E-state index is -0.379. The van der Waals surface area contributed by atoms with Gasteiger partial charge in [-0.25, -0.2) is 0 Å². The Balaban J connectivity index is 1.83. The summed E-state index contributed by atoms with van der Waals surface area (Å²) in [5.41, 5.74) is 0.866. The molecule has 0 spiro atoms. The smallest absolute Gasteiger partial charge is 0.271 e. The molecule has 6 nitrogen and oxygen atoms in total. The van der Waals surface area contributed by atoms with Crippen molar-refractivity contribution in [3.05, 3.63) is 74.1 Å². The number of nitrogens with zero attached hydrogens (tertiary/aromatic N) is 1. The van der Waals surface area contributed by atoms with Gasteiger partial charge in [0.1, 0.15) is 0 Å². The van der Waals surface area contributed by atoms with Gasteiger partial charge in [-0.3, -0.25) is 14.2 Å². The summed E-state index contributed by atoms with van der Waals surface area (Å²) in [5.74, 6) is -0.0806. The Bertz CT molecular complexity index is 1220. The van der Waals surface area contributed by atoms with Crippen molar-refractivity contribution in [1.29, 1.82) is 0 Å². The van der Waals surface area contributed by atoms with E-state index in [2.05, 4.69) is 22.8 Å². The summed E-state index contributed by atoms with van der Waals surface area (Å²) in [5, 5.41) is 7.62. The van der Waals surface area contributed by atoms with E-state index in [4.69, 9.17) is 27.9 Å². The highest BCUT2D eigenvalue weighted by atomic mass is 35.5. The van der Waals surface area contributed by atoms with Crippen molar-refractivity contribution in [1.82, 2.24) is 15.2 Å². The molecule has 0 saturated heterocycles. The molecule has 2 N–H and O–H groups in total. The number of pyridine rings is 1. The summed E-state index contributed by atoms with van der Waals surface area (Å²) in [6.45, 7) is 8.14. The number of amides is 1. The SMILES string of the molecule is COc1c(C(=O)NCCNCCc2ccccc2)n(CC(C)(C)C)c(=O)c2cc(Cl)c(Cl)cc12. The van der Waals surface area contributed by atoms with Gasteiger partial charge >= 0.3 is 0 Å². The summed E-state index contributed by atoms with van der Waals surface area (Å²) >= 11 is 12.4. The van der Waals surface area contributed by atoms with Crippen molar-refractivity contribution < 1.29 is 9.53 Å². The molecule has 3 aromatic rings. The number of hydrogen-bond donors (Lipinski definition) is 2. The highest BCUT2D eigenvalue weighted by Crippen LogP contribution is 2.34. The van der Waals surface area contributed by atoms with Gasteiger partial charge in [-0.1, -0.05) is 74.3 Å². The molecule has 1 heterocycles. The molecule has 0 aliphatic heterocycles. The van der Waals surface area contributed by atoms with E-state index in [9.17, 15) is 9.59 Å². The maximum absolute atomic E-state index is 13.4. The molecule has 0 radical (unpaired) electrons. The van der Waals surface area contributed by atoms with Crippen LogP contribution >= 0.6 is 23.2 Å². The number of nitrogens with one attached hydrogen (secondary N) is 2. The molecular weight excluding hydrogens is 473 g/mol. The molecule has 0 unspecified atom stereocenters. The summed E-state index contributed by atoms with van der Waals surface area (Å²) < 4.78 is 7.12. The highest BCUT2D eigenvalue weighted by Gasteiger charge is 2.26. The Morgan fingerprint density at radius 2 is 1.65 bits per heavy atom. The van der Waals surface area contributed by atoms with E-state index in [0.29, 0.717) is 36.2 Å². The van der Waals surface area contributed by atoms with Crippen molar-refractivity contribution >= 4 is 39.9 Å². The molecule has 3 rings (SSSR count). The first-order valence-electron chi connectivity index (χ1n) is 11.2. The molecule has 0 aliphatic carbocycles. The van der Waals surface area contributed by atoms with Gasteiger partial charge in [0.2, 0.25) is 0 Å². The van der Waals surface area contributed by atoms with Crippen molar-refractivity contribution in [2.75, 3.05) is 26.7 Å². The van der Waals surface area contributed by atoms with Crippen LogP contribution in [-0.4, -0.2) is 37.2 Å². The van der Waals surface area contributed by atoms with E-state index in [1.807, 2.05) is 39.0 Å². The van der Waals surface area contributed by atoms with Gasteiger partial charge in [0.05, 0.1) is 22.5 Å². The first-order chi connectivity index (χ1) is 16.1. The maximum atomic E-state index is 13.4. The van der Waals surface area contributed by atoms with Crippen molar-refractivity contribution in [2.45, 2.75) is 33.7 Å². The molecule has 0 saturated carbocycles. The average Bonchev–Trinajstić information content (AvgIpc) is 2.79. The van der Waals surface area contributed by atoms with E-state index >= 15 is 0 Å². The van der Waals surface area contributed by atoms with Crippen molar-refractivity contribution in [3.8, 4) is 5.75 Å². The van der Waals surface area contributed by atoms with Crippen LogP contribution in [0.3, 0.4) is 0 Å². The van der Waals surface area contributed by atoms with Crippen LogP contribution in [0.25, 0.3) is 10.8 Å². The van der Waals surface area contributed by atoms with Gasteiger partial charge in [-0.2, -0.15) is 0 Å². The van der Waals surface area contributed by atoms with Crippen LogP contribution in [0.4, 0.5) is 0 Å². The minimum absolute atomic E-state index is 0.178. The summed E-state index contributed by atoms with van der Waals surface area (Å²) in [6, 6.07) is 13.3. The fourth-order valence-corrected chi connectivity index (χ4v) is 4.14. The zero-order valence-electron chi connectivity index (χ0n) is 20.0. The van der Waals surface area contributed by atoms with Gasteiger partial charge in [0, 0.05) is 25.0 Å². The number of fused-ring (bicyclic) bond motifs is 1. The van der Waals surface area contributed by atoms with Crippen molar-refractivity contribution in [2.24, 2.45) is 5.41 Å². The van der Waals surface area contributed by atoms with E-state index < -0.39 is 0 Å². The van der Waals surface area contributed by atoms with Gasteiger partial charge in [-0.15, -0.1) is 0 Å². The van der Waals surface area contributed by atoms with E-state index in [-0.39, 0.29) is 32.6 Å². The van der Waals surface area contributed by atoms with E-state index in [0.717, 1.165) is 13.0 Å². The monoisotopic (exact) mass is 503 g/mol. The molecule has 0 fully saturated rings. The Labute approximate surface area is 210 Å². The lowest BCUT2D eigenvalue weighted by Crippen LogP contribution is -2.38. The predicted molar refractivity (Wildman–Crippen MR) is 140 cm³/mol. The van der Waals surface area contributed by atoms with Crippen LogP contribution < -0.4 is 20.9 Å². The third kappa shape index (κ3) is 6.32. The molecule has 8 heteroatoms. The first kappa shape index (κ1) is 26.1. The molecule has 0 aliphatic rings. The fraction of sp³-hybridized carbons (Fsp3) is 0.385. The lowest BCUT2D eigenvalue weighted by molar-refractivity contribution is 0.0937. The van der Waals surface area contributed by atoms with Crippen LogP contribution in [0.1, 0.15) is 36.8 Å². The lowest BCUT2D eigenvalue weighted by Gasteiger charge is -2.24. The second-order valence-corrected chi connectivity index (χ2v) is 10.2. The summed E-state index contributed by atoms with van der Waals surface area (Å²) in [7, 11) is 1.48. The average molecular weight is 504 g/mol. The van der Waals surface area contributed by atoms with E-state index in [1.54, 1.807) is 6.07 Å². The molecule has 0 bridgehead atoms. The minimum Gasteiger partial charge on any atom is -0.494 e. The van der Waals surface area contributed by atoms with Gasteiger partial charge < -0.3 is 15.4 Å². The molecule has 1 aromatic heterocycles. The zero-order valence-corrected chi connectivity index (χ0v) is 21.5. The number of benzene rings is 2.